The van der Waals surface area contributed by atoms with Crippen molar-refractivity contribution in [3.05, 3.63) is 16.6 Å². The molecule has 118 valence electrons. The van der Waals surface area contributed by atoms with E-state index in [1.165, 1.54) is 11.3 Å². The quantitative estimate of drug-likeness (QED) is 0.786. The van der Waals surface area contributed by atoms with Crippen molar-refractivity contribution in [3.8, 4) is 0 Å². The Hall–Kier alpha value is -1.83. The van der Waals surface area contributed by atoms with Gasteiger partial charge < -0.3 is 20.1 Å². The standard InChI is InChI=1S/C13H21N3O4S/c1-13(2,3)16-12(18)19-6-4-5-15-11(17)20-8-10-7-14-9-21-10/h7,9H,4-6,8H2,1-3H3,(H,15,17)(H,16,18). The predicted octanol–water partition coefficient (Wildman–Crippen LogP) is 2.28. The monoisotopic (exact) mass is 315 g/mol. The summed E-state index contributed by atoms with van der Waals surface area (Å²) in [4.78, 5) is 27.5. The van der Waals surface area contributed by atoms with Gasteiger partial charge in [0.15, 0.2) is 0 Å². The lowest BCUT2D eigenvalue weighted by atomic mass is 10.1. The molecule has 1 aromatic rings. The Morgan fingerprint density at radius 2 is 2.05 bits per heavy atom. The highest BCUT2D eigenvalue weighted by molar-refractivity contribution is 7.09. The third-order valence-corrected chi connectivity index (χ3v) is 2.88. The smallest absolute Gasteiger partial charge is 0.407 e. The maximum atomic E-state index is 11.4. The lowest BCUT2D eigenvalue weighted by Gasteiger charge is -2.19. The minimum absolute atomic E-state index is 0.209. The minimum Gasteiger partial charge on any atom is -0.449 e. The summed E-state index contributed by atoms with van der Waals surface area (Å²) in [6.07, 6.45) is 1.21. The van der Waals surface area contributed by atoms with Gasteiger partial charge in [-0.2, -0.15) is 0 Å². The van der Waals surface area contributed by atoms with Crippen LogP contribution in [0.4, 0.5) is 9.59 Å². The zero-order valence-corrected chi connectivity index (χ0v) is 13.3. The van der Waals surface area contributed by atoms with Crippen LogP contribution >= 0.6 is 11.3 Å². The molecule has 21 heavy (non-hydrogen) atoms. The molecule has 0 aliphatic carbocycles. The molecular formula is C13H21N3O4S. The van der Waals surface area contributed by atoms with E-state index in [1.807, 2.05) is 20.8 Å². The Morgan fingerprint density at radius 3 is 2.67 bits per heavy atom. The molecule has 1 aromatic heterocycles. The van der Waals surface area contributed by atoms with Gasteiger partial charge in [0, 0.05) is 18.3 Å². The number of carbonyl (C=O) groups excluding carboxylic acids is 2. The first-order valence-corrected chi connectivity index (χ1v) is 7.48. The second kappa shape index (κ2) is 8.46. The average molecular weight is 315 g/mol. The average Bonchev–Trinajstić information content (AvgIpc) is 2.86. The van der Waals surface area contributed by atoms with Crippen LogP contribution in [0.1, 0.15) is 32.1 Å². The van der Waals surface area contributed by atoms with Gasteiger partial charge in [0.2, 0.25) is 0 Å². The molecule has 0 fully saturated rings. The number of rotatable bonds is 6. The second-order valence-corrected chi connectivity index (χ2v) is 6.31. The van der Waals surface area contributed by atoms with Crippen LogP contribution in [0.25, 0.3) is 0 Å². The van der Waals surface area contributed by atoms with E-state index in [0.717, 1.165) is 4.88 Å². The van der Waals surface area contributed by atoms with Gasteiger partial charge in [-0.15, -0.1) is 11.3 Å². The summed E-state index contributed by atoms with van der Waals surface area (Å²) in [7, 11) is 0. The van der Waals surface area contributed by atoms with Crippen LogP contribution < -0.4 is 10.6 Å². The van der Waals surface area contributed by atoms with E-state index in [2.05, 4.69) is 15.6 Å². The van der Waals surface area contributed by atoms with Gasteiger partial charge in [-0.05, 0) is 27.2 Å². The largest absolute Gasteiger partial charge is 0.449 e. The predicted molar refractivity (Wildman–Crippen MR) is 79.2 cm³/mol. The molecule has 0 spiro atoms. The van der Waals surface area contributed by atoms with E-state index in [0.29, 0.717) is 13.0 Å². The second-order valence-electron chi connectivity index (χ2n) is 5.34. The Morgan fingerprint density at radius 1 is 1.29 bits per heavy atom. The van der Waals surface area contributed by atoms with Gasteiger partial charge in [0.1, 0.15) is 6.61 Å². The normalized spacial score (nSPS) is 10.8. The number of alkyl carbamates (subject to hydrolysis) is 2. The Balaban J connectivity index is 2.01. The fourth-order valence-electron chi connectivity index (χ4n) is 1.27. The van der Waals surface area contributed by atoms with Gasteiger partial charge in [0.05, 0.1) is 17.0 Å². The number of aromatic nitrogens is 1. The van der Waals surface area contributed by atoms with Crippen molar-refractivity contribution in [1.82, 2.24) is 15.6 Å². The van der Waals surface area contributed by atoms with Gasteiger partial charge in [-0.1, -0.05) is 0 Å². The molecular weight excluding hydrogens is 294 g/mol. The highest BCUT2D eigenvalue weighted by Crippen LogP contribution is 2.06. The van der Waals surface area contributed by atoms with Crippen LogP contribution in [0, 0.1) is 0 Å². The fourth-order valence-corrected chi connectivity index (χ4v) is 1.78. The molecule has 0 aliphatic rings. The summed E-state index contributed by atoms with van der Waals surface area (Å²) < 4.78 is 9.95. The van der Waals surface area contributed by atoms with Gasteiger partial charge >= 0.3 is 12.2 Å². The van der Waals surface area contributed by atoms with Crippen LogP contribution in [-0.2, 0) is 16.1 Å². The van der Waals surface area contributed by atoms with Crippen LogP contribution in [0.3, 0.4) is 0 Å². The zero-order chi connectivity index (χ0) is 15.7. The third kappa shape index (κ3) is 8.85. The van der Waals surface area contributed by atoms with E-state index >= 15 is 0 Å². The van der Waals surface area contributed by atoms with E-state index in [9.17, 15) is 9.59 Å². The molecule has 8 heteroatoms. The summed E-state index contributed by atoms with van der Waals surface area (Å²) in [5.74, 6) is 0. The molecule has 0 unspecified atom stereocenters. The Bertz CT molecular complexity index is 443. The number of amides is 2. The van der Waals surface area contributed by atoms with Crippen molar-refractivity contribution >= 4 is 23.5 Å². The van der Waals surface area contributed by atoms with Crippen molar-refractivity contribution in [2.24, 2.45) is 0 Å². The first-order valence-electron chi connectivity index (χ1n) is 6.60. The number of carbonyl (C=O) groups is 2. The molecule has 0 saturated heterocycles. The molecule has 7 nitrogen and oxygen atoms in total. The Kier molecular flexibility index (Phi) is 6.93. The van der Waals surface area contributed by atoms with E-state index < -0.39 is 12.2 Å². The SMILES string of the molecule is CC(C)(C)NC(=O)OCCCNC(=O)OCc1cncs1. The highest BCUT2D eigenvalue weighted by Gasteiger charge is 2.14. The topological polar surface area (TPSA) is 89.6 Å². The summed E-state index contributed by atoms with van der Waals surface area (Å²) in [5.41, 5.74) is 1.35. The van der Waals surface area contributed by atoms with Gasteiger partial charge in [-0.3, -0.25) is 4.98 Å². The molecule has 0 aliphatic heterocycles. The third-order valence-electron chi connectivity index (χ3n) is 2.13. The molecule has 0 atom stereocenters. The number of nitrogens with zero attached hydrogens (tertiary/aromatic N) is 1. The minimum atomic E-state index is -0.498. The Labute approximate surface area is 128 Å². The number of hydrogen-bond acceptors (Lipinski definition) is 6. The lowest BCUT2D eigenvalue weighted by molar-refractivity contribution is 0.131. The first-order chi connectivity index (χ1) is 9.87. The first kappa shape index (κ1) is 17.2. The molecule has 0 radical (unpaired) electrons. The summed E-state index contributed by atoms with van der Waals surface area (Å²) in [6, 6.07) is 0. The maximum absolute atomic E-state index is 11.4. The molecule has 0 bridgehead atoms. The summed E-state index contributed by atoms with van der Waals surface area (Å²) in [6.45, 7) is 6.43. The van der Waals surface area contributed by atoms with Crippen LogP contribution in [0.2, 0.25) is 0 Å². The van der Waals surface area contributed by atoms with Gasteiger partial charge in [0.25, 0.3) is 0 Å². The molecule has 2 N–H and O–H groups in total. The van der Waals surface area contributed by atoms with E-state index in [-0.39, 0.29) is 18.8 Å². The van der Waals surface area contributed by atoms with Crippen molar-refractivity contribution < 1.29 is 19.1 Å². The van der Waals surface area contributed by atoms with Crippen LogP contribution in [0.5, 0.6) is 0 Å². The van der Waals surface area contributed by atoms with Gasteiger partial charge in [-0.25, -0.2) is 9.59 Å². The van der Waals surface area contributed by atoms with E-state index in [1.54, 1.807) is 11.7 Å². The van der Waals surface area contributed by atoms with Crippen LogP contribution in [0.15, 0.2) is 11.7 Å². The van der Waals surface area contributed by atoms with Crippen LogP contribution in [-0.4, -0.2) is 35.9 Å². The van der Waals surface area contributed by atoms with Crippen molar-refractivity contribution in [1.29, 1.82) is 0 Å². The van der Waals surface area contributed by atoms with E-state index in [4.69, 9.17) is 9.47 Å². The van der Waals surface area contributed by atoms with Crippen molar-refractivity contribution in [3.63, 3.8) is 0 Å². The van der Waals surface area contributed by atoms with Crippen molar-refractivity contribution in [2.75, 3.05) is 13.2 Å². The fraction of sp³-hybridized carbons (Fsp3) is 0.615. The van der Waals surface area contributed by atoms with Crippen molar-refractivity contribution in [2.45, 2.75) is 39.3 Å². The molecule has 0 saturated carbocycles. The summed E-state index contributed by atoms with van der Waals surface area (Å²) >= 11 is 1.42. The zero-order valence-electron chi connectivity index (χ0n) is 12.5. The summed E-state index contributed by atoms with van der Waals surface area (Å²) in [5, 5.41) is 5.26. The maximum Gasteiger partial charge on any atom is 0.407 e. The molecule has 1 heterocycles. The number of thiazole rings is 1. The molecule has 2 amide bonds. The molecule has 0 aromatic carbocycles. The highest BCUT2D eigenvalue weighted by atomic mass is 32.1. The number of nitrogens with one attached hydrogen (secondary N) is 2. The lowest BCUT2D eigenvalue weighted by Crippen LogP contribution is -2.41. The molecule has 1 rings (SSSR count). The number of ether oxygens (including phenoxy) is 2. The number of hydrogen-bond donors (Lipinski definition) is 2.